The molecule has 0 fully saturated rings. The minimum absolute atomic E-state index is 0. The SMILES string of the molecule is Cl.ClCc1nc2c(Cl)cc(Cl)cc2[nH]1. The fourth-order valence-corrected chi connectivity index (χ4v) is 1.82. The molecule has 2 aromatic rings. The van der Waals surface area contributed by atoms with Crippen LogP contribution in [0.5, 0.6) is 0 Å². The topological polar surface area (TPSA) is 28.7 Å². The lowest BCUT2D eigenvalue weighted by atomic mass is 10.3. The molecule has 1 N–H and O–H groups in total. The molecule has 1 aromatic heterocycles. The van der Waals surface area contributed by atoms with E-state index in [1.165, 1.54) is 0 Å². The van der Waals surface area contributed by atoms with Gasteiger partial charge in [0.1, 0.15) is 11.3 Å². The Morgan fingerprint density at radius 1 is 1.29 bits per heavy atom. The maximum absolute atomic E-state index is 5.92. The smallest absolute Gasteiger partial charge is 0.122 e. The van der Waals surface area contributed by atoms with Crippen molar-refractivity contribution in [2.24, 2.45) is 0 Å². The van der Waals surface area contributed by atoms with Crippen molar-refractivity contribution in [1.29, 1.82) is 0 Å². The van der Waals surface area contributed by atoms with Crippen LogP contribution in [0.3, 0.4) is 0 Å². The number of hydrogen-bond acceptors (Lipinski definition) is 1. The maximum atomic E-state index is 5.92. The molecule has 2 nitrogen and oxygen atoms in total. The summed E-state index contributed by atoms with van der Waals surface area (Å²) >= 11 is 17.4. The summed E-state index contributed by atoms with van der Waals surface area (Å²) in [5.74, 6) is 1.03. The van der Waals surface area contributed by atoms with Crippen LogP contribution in [0.25, 0.3) is 11.0 Å². The summed E-state index contributed by atoms with van der Waals surface area (Å²) < 4.78 is 0. The second-order valence-electron chi connectivity index (χ2n) is 2.60. The minimum Gasteiger partial charge on any atom is -0.341 e. The second kappa shape index (κ2) is 4.58. The van der Waals surface area contributed by atoms with Gasteiger partial charge in [0, 0.05) is 5.02 Å². The summed E-state index contributed by atoms with van der Waals surface area (Å²) in [6.45, 7) is 0. The van der Waals surface area contributed by atoms with Crippen LogP contribution in [0.1, 0.15) is 5.82 Å². The highest BCUT2D eigenvalue weighted by molar-refractivity contribution is 6.38. The zero-order valence-corrected chi connectivity index (χ0v) is 9.94. The first-order valence-electron chi connectivity index (χ1n) is 3.60. The van der Waals surface area contributed by atoms with Gasteiger partial charge in [0.25, 0.3) is 0 Å². The Bertz CT molecular complexity index is 452. The number of alkyl halides is 1. The average molecular weight is 272 g/mol. The second-order valence-corrected chi connectivity index (χ2v) is 3.71. The Morgan fingerprint density at radius 3 is 2.64 bits per heavy atom. The number of fused-ring (bicyclic) bond motifs is 1. The van der Waals surface area contributed by atoms with Crippen LogP contribution in [0.2, 0.25) is 10.0 Å². The molecule has 0 spiro atoms. The van der Waals surface area contributed by atoms with E-state index in [9.17, 15) is 0 Å². The van der Waals surface area contributed by atoms with E-state index in [2.05, 4.69) is 9.97 Å². The number of benzene rings is 1. The molecule has 1 heterocycles. The Balaban J connectivity index is 0.000000980. The number of nitrogens with zero attached hydrogens (tertiary/aromatic N) is 1. The van der Waals surface area contributed by atoms with E-state index in [1.54, 1.807) is 12.1 Å². The largest absolute Gasteiger partial charge is 0.341 e. The Morgan fingerprint density at radius 2 is 2.00 bits per heavy atom. The molecule has 2 rings (SSSR count). The van der Waals surface area contributed by atoms with E-state index >= 15 is 0 Å². The van der Waals surface area contributed by atoms with Crippen molar-refractivity contribution in [3.8, 4) is 0 Å². The molecule has 0 unspecified atom stereocenters. The third kappa shape index (κ3) is 2.09. The molecule has 0 aliphatic heterocycles. The van der Waals surface area contributed by atoms with E-state index in [0.717, 1.165) is 5.52 Å². The van der Waals surface area contributed by atoms with E-state index in [4.69, 9.17) is 34.8 Å². The maximum Gasteiger partial charge on any atom is 0.122 e. The van der Waals surface area contributed by atoms with Crippen molar-refractivity contribution >= 4 is 58.2 Å². The zero-order valence-electron chi connectivity index (χ0n) is 6.85. The van der Waals surface area contributed by atoms with Gasteiger partial charge in [-0.3, -0.25) is 0 Å². The lowest BCUT2D eigenvalue weighted by molar-refractivity contribution is 1.13. The minimum atomic E-state index is 0. The molecule has 1 aromatic carbocycles. The van der Waals surface area contributed by atoms with Gasteiger partial charge >= 0.3 is 0 Å². The van der Waals surface area contributed by atoms with Gasteiger partial charge in [0.05, 0.1) is 16.4 Å². The number of aromatic nitrogens is 2. The van der Waals surface area contributed by atoms with Crippen molar-refractivity contribution < 1.29 is 0 Å². The fraction of sp³-hybridized carbons (Fsp3) is 0.125. The van der Waals surface area contributed by atoms with Crippen molar-refractivity contribution in [2.75, 3.05) is 0 Å². The molecular weight excluding hydrogens is 266 g/mol. The zero-order chi connectivity index (χ0) is 9.42. The molecule has 0 radical (unpaired) electrons. The van der Waals surface area contributed by atoms with Gasteiger partial charge in [-0.05, 0) is 12.1 Å². The van der Waals surface area contributed by atoms with Gasteiger partial charge < -0.3 is 4.98 Å². The van der Waals surface area contributed by atoms with Crippen LogP contribution in [0.15, 0.2) is 12.1 Å². The average Bonchev–Trinajstić information content (AvgIpc) is 2.47. The van der Waals surface area contributed by atoms with Crippen LogP contribution >= 0.6 is 47.2 Å². The van der Waals surface area contributed by atoms with Crippen molar-refractivity contribution in [3.05, 3.63) is 28.0 Å². The predicted molar refractivity (Wildman–Crippen MR) is 62.9 cm³/mol. The fourth-order valence-electron chi connectivity index (χ4n) is 1.16. The van der Waals surface area contributed by atoms with Crippen molar-refractivity contribution in [3.63, 3.8) is 0 Å². The Kier molecular flexibility index (Phi) is 3.90. The third-order valence-electron chi connectivity index (χ3n) is 1.68. The number of halogens is 4. The molecule has 0 amide bonds. The van der Waals surface area contributed by atoms with Crippen molar-refractivity contribution in [1.82, 2.24) is 9.97 Å². The molecule has 6 heteroatoms. The summed E-state index contributed by atoms with van der Waals surface area (Å²) in [5, 5.41) is 1.12. The number of aromatic amines is 1. The monoisotopic (exact) mass is 270 g/mol. The number of H-pyrrole nitrogens is 1. The lowest BCUT2D eigenvalue weighted by Gasteiger charge is -1.92. The molecule has 76 valence electrons. The van der Waals surface area contributed by atoms with Gasteiger partial charge in [-0.1, -0.05) is 23.2 Å². The summed E-state index contributed by atoms with van der Waals surface area (Å²) in [6.07, 6.45) is 0. The molecule has 14 heavy (non-hydrogen) atoms. The van der Waals surface area contributed by atoms with Crippen LogP contribution in [-0.2, 0) is 5.88 Å². The molecule has 0 atom stereocenters. The van der Waals surface area contributed by atoms with Gasteiger partial charge in [-0.2, -0.15) is 0 Å². The van der Waals surface area contributed by atoms with Gasteiger partial charge in [0.15, 0.2) is 0 Å². The number of hydrogen-bond donors (Lipinski definition) is 1. The highest BCUT2D eigenvalue weighted by Gasteiger charge is 2.06. The molecule has 0 saturated heterocycles. The van der Waals surface area contributed by atoms with E-state index < -0.39 is 0 Å². The van der Waals surface area contributed by atoms with Gasteiger partial charge in [0.2, 0.25) is 0 Å². The van der Waals surface area contributed by atoms with Crippen LogP contribution in [-0.4, -0.2) is 9.97 Å². The summed E-state index contributed by atoms with van der Waals surface area (Å²) in [7, 11) is 0. The van der Waals surface area contributed by atoms with Crippen LogP contribution < -0.4 is 0 Å². The predicted octanol–water partition coefficient (Wildman–Crippen LogP) is 4.03. The van der Waals surface area contributed by atoms with Gasteiger partial charge in [-0.15, -0.1) is 24.0 Å². The molecule has 0 saturated carbocycles. The lowest BCUT2D eigenvalue weighted by Crippen LogP contribution is -1.77. The van der Waals surface area contributed by atoms with E-state index in [0.29, 0.717) is 27.3 Å². The summed E-state index contributed by atoms with van der Waals surface area (Å²) in [4.78, 5) is 7.21. The summed E-state index contributed by atoms with van der Waals surface area (Å²) in [5.41, 5.74) is 1.52. The standard InChI is InChI=1S/C8H5Cl3N2.ClH/c9-3-7-12-6-2-4(10)1-5(11)8(6)13-7;/h1-2H,3H2,(H,12,13);1H. The van der Waals surface area contributed by atoms with Crippen LogP contribution in [0.4, 0.5) is 0 Å². The number of rotatable bonds is 1. The molecular formula is C8H6Cl4N2. The van der Waals surface area contributed by atoms with Gasteiger partial charge in [-0.25, -0.2) is 4.98 Å². The van der Waals surface area contributed by atoms with E-state index in [1.807, 2.05) is 0 Å². The number of nitrogens with one attached hydrogen (secondary N) is 1. The molecule has 0 aliphatic rings. The van der Waals surface area contributed by atoms with E-state index in [-0.39, 0.29) is 12.4 Å². The first kappa shape index (κ1) is 11.9. The first-order chi connectivity index (χ1) is 6.20. The quantitative estimate of drug-likeness (QED) is 0.780. The number of imidazole rings is 1. The first-order valence-corrected chi connectivity index (χ1v) is 4.89. The Hall–Kier alpha value is -0.150. The Labute approximate surface area is 102 Å². The van der Waals surface area contributed by atoms with Crippen LogP contribution in [0, 0.1) is 0 Å². The third-order valence-corrected chi connectivity index (χ3v) is 2.44. The normalized spacial score (nSPS) is 10.2. The molecule has 0 aliphatic carbocycles. The summed E-state index contributed by atoms with van der Waals surface area (Å²) in [6, 6.07) is 3.43. The van der Waals surface area contributed by atoms with Crippen molar-refractivity contribution in [2.45, 2.75) is 5.88 Å². The highest BCUT2D eigenvalue weighted by atomic mass is 35.5. The molecule has 0 bridgehead atoms. The highest BCUT2D eigenvalue weighted by Crippen LogP contribution is 2.26.